The van der Waals surface area contributed by atoms with Crippen LogP contribution in [0.3, 0.4) is 0 Å². The Hall–Kier alpha value is -2.31. The van der Waals surface area contributed by atoms with Crippen LogP contribution in [0.4, 0.5) is 13.2 Å². The van der Waals surface area contributed by atoms with Crippen LogP contribution in [0.2, 0.25) is 0 Å². The Balaban J connectivity index is 1.93. The number of hydrogen-bond acceptors (Lipinski definition) is 3. The molecule has 0 unspecified atom stereocenters. The summed E-state index contributed by atoms with van der Waals surface area (Å²) in [4.78, 5) is 12.3. The lowest BCUT2D eigenvalue weighted by Gasteiger charge is -2.11. The first-order valence-electron chi connectivity index (χ1n) is 8.48. The van der Waals surface area contributed by atoms with Gasteiger partial charge in [-0.1, -0.05) is 48.2 Å². The zero-order valence-corrected chi connectivity index (χ0v) is 15.2. The molecule has 0 amide bonds. The molecule has 0 aliphatic heterocycles. The van der Waals surface area contributed by atoms with Crippen molar-refractivity contribution in [1.82, 2.24) is 0 Å². The molecule has 0 saturated carbocycles. The van der Waals surface area contributed by atoms with Crippen molar-refractivity contribution in [2.24, 2.45) is 5.73 Å². The van der Waals surface area contributed by atoms with E-state index < -0.39 is 11.7 Å². The van der Waals surface area contributed by atoms with Crippen molar-refractivity contribution in [3.63, 3.8) is 0 Å². The number of rotatable bonds is 5. The Kier molecular flexibility index (Phi) is 5.87. The molecule has 0 bridgehead atoms. The highest BCUT2D eigenvalue weighted by Gasteiger charge is 2.30. The maximum absolute atomic E-state index is 12.8. The minimum absolute atomic E-state index is 0.00900. The topological polar surface area (TPSA) is 43.1 Å². The van der Waals surface area contributed by atoms with Gasteiger partial charge in [-0.2, -0.15) is 13.2 Å². The van der Waals surface area contributed by atoms with Crippen LogP contribution >= 0.6 is 11.8 Å². The van der Waals surface area contributed by atoms with Gasteiger partial charge in [0.05, 0.1) is 5.56 Å². The van der Waals surface area contributed by atoms with E-state index in [0.717, 1.165) is 34.9 Å². The molecule has 0 spiro atoms. The van der Waals surface area contributed by atoms with Crippen molar-refractivity contribution in [3.05, 3.63) is 71.8 Å². The van der Waals surface area contributed by atoms with Gasteiger partial charge in [0.1, 0.15) is 0 Å². The predicted molar refractivity (Wildman–Crippen MR) is 105 cm³/mol. The molecule has 0 aliphatic carbocycles. The van der Waals surface area contributed by atoms with Crippen LogP contribution in [0.1, 0.15) is 22.3 Å². The molecule has 0 saturated heterocycles. The van der Waals surface area contributed by atoms with Gasteiger partial charge in [-0.25, -0.2) is 0 Å². The maximum Gasteiger partial charge on any atom is 0.416 e. The summed E-state index contributed by atoms with van der Waals surface area (Å²) >= 11 is 1.24. The van der Waals surface area contributed by atoms with Crippen molar-refractivity contribution in [2.45, 2.75) is 12.6 Å². The normalized spacial score (nSPS) is 11.7. The summed E-state index contributed by atoms with van der Waals surface area (Å²) in [5, 5.41) is 1.75. The Bertz CT molecular complexity index is 952. The lowest BCUT2D eigenvalue weighted by molar-refractivity contribution is -0.137. The average molecular weight is 389 g/mol. The third-order valence-corrected chi connectivity index (χ3v) is 5.21. The summed E-state index contributed by atoms with van der Waals surface area (Å²) in [6.45, 7) is 0.550. The molecular weight excluding hydrogens is 371 g/mol. The molecule has 27 heavy (non-hydrogen) atoms. The van der Waals surface area contributed by atoms with E-state index in [2.05, 4.69) is 0 Å². The Morgan fingerprint density at radius 1 is 1.00 bits per heavy atom. The molecule has 2 N–H and O–H groups in total. The van der Waals surface area contributed by atoms with E-state index in [-0.39, 0.29) is 5.12 Å². The summed E-state index contributed by atoms with van der Waals surface area (Å²) in [5.41, 5.74) is 6.91. The van der Waals surface area contributed by atoms with Gasteiger partial charge < -0.3 is 5.73 Å². The fraction of sp³-hybridized carbons (Fsp3) is 0.190. The number of nitrogens with two attached hydrogens (primary N) is 1. The van der Waals surface area contributed by atoms with E-state index in [1.807, 2.05) is 30.3 Å². The highest BCUT2D eigenvalue weighted by Crippen LogP contribution is 2.33. The van der Waals surface area contributed by atoms with Crippen LogP contribution in [0.15, 0.2) is 60.7 Å². The molecular formula is C21H18F3NOS. The summed E-state index contributed by atoms with van der Waals surface area (Å²) in [6, 6.07) is 16.1. The largest absolute Gasteiger partial charge is 0.416 e. The number of halogens is 3. The fourth-order valence-electron chi connectivity index (χ4n) is 2.83. The molecule has 0 aromatic heterocycles. The second-order valence-corrected chi connectivity index (χ2v) is 7.16. The number of carbonyl (C=O) groups is 1. The third-order valence-electron chi connectivity index (χ3n) is 4.22. The van der Waals surface area contributed by atoms with E-state index in [1.54, 1.807) is 6.07 Å². The van der Waals surface area contributed by atoms with Crippen molar-refractivity contribution < 1.29 is 18.0 Å². The smallest absolute Gasteiger partial charge is 0.330 e. The standard InChI is InChI=1S/C21H18F3NOS/c22-21(23,24)17-8-5-14(6-9-17)18-4-1-3-15-13-16(7-10-19(15)18)20(26)27-12-2-11-25/h1,3-10,13H,2,11-12,25H2. The number of benzene rings is 3. The van der Waals surface area contributed by atoms with Crippen LogP contribution in [0.25, 0.3) is 21.9 Å². The zero-order valence-electron chi connectivity index (χ0n) is 14.4. The van der Waals surface area contributed by atoms with Gasteiger partial charge in [-0.05, 0) is 59.1 Å². The molecule has 0 fully saturated rings. The second-order valence-electron chi connectivity index (χ2n) is 6.09. The molecule has 3 rings (SSSR count). The molecule has 6 heteroatoms. The summed E-state index contributed by atoms with van der Waals surface area (Å²) in [7, 11) is 0. The van der Waals surface area contributed by atoms with Crippen molar-refractivity contribution in [3.8, 4) is 11.1 Å². The van der Waals surface area contributed by atoms with E-state index >= 15 is 0 Å². The van der Waals surface area contributed by atoms with Gasteiger partial charge in [0.2, 0.25) is 5.12 Å². The number of alkyl halides is 3. The molecule has 0 atom stereocenters. The van der Waals surface area contributed by atoms with Crippen molar-refractivity contribution in [1.29, 1.82) is 0 Å². The van der Waals surface area contributed by atoms with Crippen LogP contribution in [-0.4, -0.2) is 17.4 Å². The fourth-order valence-corrected chi connectivity index (χ4v) is 3.62. The van der Waals surface area contributed by atoms with Crippen LogP contribution in [0.5, 0.6) is 0 Å². The number of fused-ring (bicyclic) bond motifs is 1. The first kappa shape index (κ1) is 19.5. The van der Waals surface area contributed by atoms with Gasteiger partial charge >= 0.3 is 6.18 Å². The minimum Gasteiger partial charge on any atom is -0.330 e. The molecule has 3 aromatic rings. The first-order chi connectivity index (χ1) is 12.9. The third kappa shape index (κ3) is 4.51. The Labute approximate surface area is 159 Å². The van der Waals surface area contributed by atoms with Gasteiger partial charge in [0, 0.05) is 11.3 Å². The van der Waals surface area contributed by atoms with Crippen molar-refractivity contribution in [2.75, 3.05) is 12.3 Å². The quantitative estimate of drug-likeness (QED) is 0.565. The molecule has 140 valence electrons. The SMILES string of the molecule is NCCCSC(=O)c1ccc2c(-c3ccc(C(F)(F)F)cc3)cccc2c1. The molecule has 0 radical (unpaired) electrons. The summed E-state index contributed by atoms with van der Waals surface area (Å²) in [6.07, 6.45) is -3.57. The van der Waals surface area contributed by atoms with Crippen LogP contribution < -0.4 is 5.73 Å². The zero-order chi connectivity index (χ0) is 19.4. The average Bonchev–Trinajstić information content (AvgIpc) is 2.66. The second kappa shape index (κ2) is 8.15. The maximum atomic E-state index is 12.8. The number of carbonyl (C=O) groups excluding carboxylic acids is 1. The van der Waals surface area contributed by atoms with Gasteiger partial charge in [-0.15, -0.1) is 0 Å². The highest BCUT2D eigenvalue weighted by atomic mass is 32.2. The Morgan fingerprint density at radius 3 is 2.41 bits per heavy atom. The van der Waals surface area contributed by atoms with Gasteiger partial charge in [0.15, 0.2) is 0 Å². The number of thioether (sulfide) groups is 1. The van der Waals surface area contributed by atoms with E-state index in [0.29, 0.717) is 23.4 Å². The lowest BCUT2D eigenvalue weighted by atomic mass is 9.96. The van der Waals surface area contributed by atoms with Crippen LogP contribution in [0, 0.1) is 0 Å². The van der Waals surface area contributed by atoms with Gasteiger partial charge in [0.25, 0.3) is 0 Å². The molecule has 2 nitrogen and oxygen atoms in total. The van der Waals surface area contributed by atoms with Crippen molar-refractivity contribution >= 4 is 27.6 Å². The van der Waals surface area contributed by atoms with E-state index in [4.69, 9.17) is 5.73 Å². The lowest BCUT2D eigenvalue weighted by Crippen LogP contribution is -2.04. The van der Waals surface area contributed by atoms with E-state index in [1.165, 1.54) is 23.9 Å². The predicted octanol–water partition coefficient (Wildman–Crippen LogP) is 5.75. The Morgan fingerprint density at radius 2 is 1.74 bits per heavy atom. The minimum atomic E-state index is -4.35. The monoisotopic (exact) mass is 389 g/mol. The number of hydrogen-bond donors (Lipinski definition) is 1. The van der Waals surface area contributed by atoms with Gasteiger partial charge in [-0.3, -0.25) is 4.79 Å². The molecule has 0 aliphatic rings. The molecule has 3 aromatic carbocycles. The first-order valence-corrected chi connectivity index (χ1v) is 9.46. The summed E-state index contributed by atoms with van der Waals surface area (Å²) < 4.78 is 38.3. The molecule has 0 heterocycles. The van der Waals surface area contributed by atoms with Crippen LogP contribution in [-0.2, 0) is 6.18 Å². The highest BCUT2D eigenvalue weighted by molar-refractivity contribution is 8.14. The summed E-state index contributed by atoms with van der Waals surface area (Å²) in [5.74, 6) is 0.680. The van der Waals surface area contributed by atoms with E-state index in [9.17, 15) is 18.0 Å².